The van der Waals surface area contributed by atoms with E-state index in [0.29, 0.717) is 6.54 Å². The summed E-state index contributed by atoms with van der Waals surface area (Å²) in [5.74, 6) is 0. The van der Waals surface area contributed by atoms with E-state index in [0.717, 1.165) is 24.3 Å². The fourth-order valence-electron chi connectivity index (χ4n) is 0.784. The smallest absolute Gasteiger partial charge is 0.230 e. The minimum absolute atomic E-state index is 0.170. The number of nitro groups is 1. The van der Waals surface area contributed by atoms with E-state index in [1.165, 1.54) is 0 Å². The van der Waals surface area contributed by atoms with Crippen molar-refractivity contribution in [2.24, 2.45) is 5.73 Å². The van der Waals surface area contributed by atoms with Crippen molar-refractivity contribution in [1.29, 1.82) is 0 Å². The van der Waals surface area contributed by atoms with Gasteiger partial charge in [0, 0.05) is 0 Å². The van der Waals surface area contributed by atoms with Crippen LogP contribution in [0.1, 0.15) is 26.2 Å². The van der Waals surface area contributed by atoms with Gasteiger partial charge in [-0.2, -0.15) is 0 Å². The van der Waals surface area contributed by atoms with E-state index in [9.17, 15) is 10.1 Å². The highest BCUT2D eigenvalue weighted by Crippen LogP contribution is 1.98. The number of hydrogen-bond donors (Lipinski definition) is 1. The van der Waals surface area contributed by atoms with Crippen LogP contribution in [0.5, 0.6) is 0 Å². The van der Waals surface area contributed by atoms with Crippen LogP contribution in [-0.2, 0) is 0 Å². The van der Waals surface area contributed by atoms with Crippen LogP contribution in [0.3, 0.4) is 0 Å². The Kier molecular flexibility index (Phi) is 5.27. The zero-order chi connectivity index (χ0) is 9.56. The molecule has 0 unspecified atom stereocenters. The third kappa shape index (κ3) is 4.07. The molecule has 0 aliphatic heterocycles. The number of nitrogens with zero attached hydrogens (tertiary/aromatic N) is 2. The fraction of sp³-hybridized carbons (Fsp3) is 0.833. The van der Waals surface area contributed by atoms with Crippen molar-refractivity contribution < 1.29 is 5.03 Å². The van der Waals surface area contributed by atoms with Gasteiger partial charge in [-0.15, -0.1) is 0 Å². The van der Waals surface area contributed by atoms with E-state index >= 15 is 0 Å². The van der Waals surface area contributed by atoms with Crippen molar-refractivity contribution in [3.05, 3.63) is 10.1 Å². The van der Waals surface area contributed by atoms with Gasteiger partial charge in [0.2, 0.25) is 5.11 Å². The summed E-state index contributed by atoms with van der Waals surface area (Å²) >= 11 is 4.50. The number of rotatable bonds is 5. The lowest BCUT2D eigenvalue weighted by molar-refractivity contribution is -0.628. The van der Waals surface area contributed by atoms with Crippen LogP contribution in [0.15, 0.2) is 0 Å². The third-order valence-electron chi connectivity index (χ3n) is 1.42. The molecule has 0 spiro atoms. The van der Waals surface area contributed by atoms with Crippen LogP contribution in [0.25, 0.3) is 0 Å². The van der Waals surface area contributed by atoms with E-state index in [1.54, 1.807) is 0 Å². The van der Waals surface area contributed by atoms with Gasteiger partial charge in [0.1, 0.15) is 0 Å². The lowest BCUT2D eigenvalue weighted by atomic mass is 10.2. The summed E-state index contributed by atoms with van der Waals surface area (Å²) in [6.07, 6.45) is 2.71. The Labute approximate surface area is 76.6 Å². The average Bonchev–Trinajstić information content (AvgIpc) is 1.96. The molecule has 0 aromatic heterocycles. The predicted octanol–water partition coefficient (Wildman–Crippen LogP) is 0.914. The molecule has 0 amide bonds. The Balaban J connectivity index is 3.80. The monoisotopic (exact) mass is 191 g/mol. The van der Waals surface area contributed by atoms with Gasteiger partial charge < -0.3 is 5.73 Å². The molecule has 0 aliphatic carbocycles. The molecule has 5 nitrogen and oxygen atoms in total. The van der Waals surface area contributed by atoms with Crippen LogP contribution < -0.4 is 5.73 Å². The maximum Gasteiger partial charge on any atom is 0.230 e. The number of hydrogen-bond acceptors (Lipinski definition) is 3. The highest BCUT2D eigenvalue weighted by Gasteiger charge is 2.15. The van der Waals surface area contributed by atoms with Gasteiger partial charge in [-0.1, -0.05) is 24.8 Å². The van der Waals surface area contributed by atoms with Crippen LogP contribution >= 0.6 is 12.2 Å². The molecule has 0 bridgehead atoms. The second-order valence-corrected chi connectivity index (χ2v) is 2.82. The maximum absolute atomic E-state index is 10.3. The first-order valence-electron chi connectivity index (χ1n) is 3.80. The lowest BCUT2D eigenvalue weighted by Crippen LogP contribution is -2.40. The molecule has 0 heterocycles. The molecule has 0 fully saturated rings. The van der Waals surface area contributed by atoms with Crippen LogP contribution in [0.2, 0.25) is 0 Å². The molecule has 0 radical (unpaired) electrons. The Bertz CT molecular complexity index is 160. The Morgan fingerprint density at radius 3 is 2.58 bits per heavy atom. The Morgan fingerprint density at radius 1 is 1.67 bits per heavy atom. The molecule has 12 heavy (non-hydrogen) atoms. The molecule has 0 atom stereocenters. The second kappa shape index (κ2) is 5.70. The highest BCUT2D eigenvalue weighted by atomic mass is 32.1. The quantitative estimate of drug-likeness (QED) is 0.303. The average molecular weight is 191 g/mol. The molecule has 0 rings (SSSR count). The number of nitrogens with two attached hydrogens (primary N) is 1. The Hall–Kier alpha value is -0.910. The van der Waals surface area contributed by atoms with Crippen molar-refractivity contribution in [2.75, 3.05) is 6.54 Å². The van der Waals surface area contributed by atoms with Crippen LogP contribution in [-0.4, -0.2) is 21.7 Å². The van der Waals surface area contributed by atoms with Gasteiger partial charge in [0.05, 0.1) is 6.54 Å². The predicted molar refractivity (Wildman–Crippen MR) is 50.0 cm³/mol. The molecule has 0 saturated heterocycles. The molecule has 0 aromatic rings. The molecule has 0 saturated carbocycles. The molecule has 70 valence electrons. The highest BCUT2D eigenvalue weighted by molar-refractivity contribution is 7.80. The molecule has 0 aromatic carbocycles. The summed E-state index contributed by atoms with van der Waals surface area (Å²) in [5, 5.41) is 10.4. The topological polar surface area (TPSA) is 72.4 Å². The van der Waals surface area contributed by atoms with E-state index in [-0.39, 0.29) is 5.11 Å². The van der Waals surface area contributed by atoms with Gasteiger partial charge in [-0.25, -0.2) is 10.1 Å². The Morgan fingerprint density at radius 2 is 2.25 bits per heavy atom. The van der Waals surface area contributed by atoms with Crippen molar-refractivity contribution in [2.45, 2.75) is 26.2 Å². The van der Waals surface area contributed by atoms with Gasteiger partial charge in [-0.3, -0.25) is 0 Å². The molecule has 6 heteroatoms. The third-order valence-corrected chi connectivity index (χ3v) is 1.64. The molecule has 0 aliphatic rings. The van der Waals surface area contributed by atoms with E-state index in [2.05, 4.69) is 12.2 Å². The SMILES string of the molecule is CCCCCN(C(N)=S)[N+](=O)[O-]. The summed E-state index contributed by atoms with van der Waals surface area (Å²) in [4.78, 5) is 10.3. The first-order valence-corrected chi connectivity index (χ1v) is 4.21. The second-order valence-electron chi connectivity index (χ2n) is 2.41. The molecular formula is C6H13N3O2S. The minimum Gasteiger partial charge on any atom is -0.372 e. The maximum atomic E-state index is 10.3. The normalized spacial score (nSPS) is 9.42. The fourth-order valence-corrected chi connectivity index (χ4v) is 0.942. The minimum atomic E-state index is -0.571. The standard InChI is InChI=1S/C6H13N3O2S/c1-2-3-4-5-8(6(7)12)9(10)11/h2-5H2,1H3,(H2,7,12). The summed E-state index contributed by atoms with van der Waals surface area (Å²) < 4.78 is 0. The first kappa shape index (κ1) is 11.1. The van der Waals surface area contributed by atoms with Crippen molar-refractivity contribution >= 4 is 17.3 Å². The van der Waals surface area contributed by atoms with E-state index in [4.69, 9.17) is 5.73 Å². The summed E-state index contributed by atoms with van der Waals surface area (Å²) in [7, 11) is 0. The van der Waals surface area contributed by atoms with Crippen LogP contribution in [0, 0.1) is 10.1 Å². The van der Waals surface area contributed by atoms with E-state index in [1.807, 2.05) is 6.92 Å². The van der Waals surface area contributed by atoms with Crippen molar-refractivity contribution in [1.82, 2.24) is 5.01 Å². The lowest BCUT2D eigenvalue weighted by Gasteiger charge is -2.10. The number of thiocarbonyl (C=S) groups is 1. The molecular weight excluding hydrogens is 178 g/mol. The van der Waals surface area contributed by atoms with Gasteiger partial charge in [-0.05, 0) is 18.6 Å². The van der Waals surface area contributed by atoms with Crippen molar-refractivity contribution in [3.8, 4) is 0 Å². The van der Waals surface area contributed by atoms with E-state index < -0.39 is 5.03 Å². The summed E-state index contributed by atoms with van der Waals surface area (Å²) in [5.41, 5.74) is 5.14. The van der Waals surface area contributed by atoms with Gasteiger partial charge in [0.15, 0.2) is 5.03 Å². The first-order chi connectivity index (χ1) is 5.59. The molecule has 2 N–H and O–H groups in total. The largest absolute Gasteiger partial charge is 0.372 e. The number of hydrazine groups is 1. The summed E-state index contributed by atoms with van der Waals surface area (Å²) in [6.45, 7) is 2.33. The zero-order valence-corrected chi connectivity index (χ0v) is 7.84. The van der Waals surface area contributed by atoms with Gasteiger partial charge >= 0.3 is 0 Å². The van der Waals surface area contributed by atoms with Crippen molar-refractivity contribution in [3.63, 3.8) is 0 Å². The number of unbranched alkanes of at least 4 members (excludes halogenated alkanes) is 2. The summed E-state index contributed by atoms with van der Waals surface area (Å²) in [6, 6.07) is 0. The van der Waals surface area contributed by atoms with Gasteiger partial charge in [0.25, 0.3) is 0 Å². The van der Waals surface area contributed by atoms with Crippen LogP contribution in [0.4, 0.5) is 0 Å². The zero-order valence-electron chi connectivity index (χ0n) is 7.02.